The second kappa shape index (κ2) is 11.0. The maximum absolute atomic E-state index is 14.0. The second-order valence-corrected chi connectivity index (χ2v) is 10.0. The smallest absolute Gasteiger partial charge is 0.359 e. The zero-order chi connectivity index (χ0) is 26.7. The molecule has 2 atom stereocenters. The van der Waals surface area contributed by atoms with Crippen LogP contribution in [0.2, 0.25) is 0 Å². The maximum Gasteiger partial charge on any atom is 0.359 e. The van der Waals surface area contributed by atoms with Gasteiger partial charge in [0, 0.05) is 31.0 Å². The number of nitrogens with zero attached hydrogens (tertiary/aromatic N) is 3. The van der Waals surface area contributed by atoms with Crippen LogP contribution < -0.4 is 10.6 Å². The predicted molar refractivity (Wildman–Crippen MR) is 133 cm³/mol. The van der Waals surface area contributed by atoms with E-state index in [1.54, 1.807) is 4.57 Å². The number of ether oxygens (including phenoxy) is 1. The van der Waals surface area contributed by atoms with Gasteiger partial charge in [0.25, 0.3) is 11.8 Å². The molecule has 0 saturated heterocycles. The molecule has 8 nitrogen and oxygen atoms in total. The summed E-state index contributed by atoms with van der Waals surface area (Å²) in [5.41, 5.74) is 4.36. The van der Waals surface area contributed by atoms with Crippen LogP contribution in [0.1, 0.15) is 91.9 Å². The van der Waals surface area contributed by atoms with Gasteiger partial charge in [-0.25, -0.2) is 18.6 Å². The molecule has 0 spiro atoms. The molecule has 2 heterocycles. The Balaban J connectivity index is 1.79. The van der Waals surface area contributed by atoms with Gasteiger partial charge in [0.05, 0.1) is 0 Å². The number of carbonyl (C=O) groups is 3. The van der Waals surface area contributed by atoms with E-state index in [4.69, 9.17) is 10.5 Å². The molecule has 1 aliphatic carbocycles. The van der Waals surface area contributed by atoms with E-state index in [1.807, 2.05) is 13.8 Å². The molecule has 1 fully saturated rings. The zero-order valence-corrected chi connectivity index (χ0v) is 21.4. The van der Waals surface area contributed by atoms with Crippen LogP contribution in [0, 0.1) is 17.6 Å². The number of hydrogen-bond acceptors (Lipinski definition) is 5. The van der Waals surface area contributed by atoms with E-state index in [-0.39, 0.29) is 29.5 Å². The van der Waals surface area contributed by atoms with E-state index in [1.165, 1.54) is 11.0 Å². The van der Waals surface area contributed by atoms with E-state index < -0.39 is 35.0 Å². The molecule has 2 aromatic rings. The van der Waals surface area contributed by atoms with Crippen molar-refractivity contribution in [1.29, 1.82) is 0 Å². The maximum atomic E-state index is 14.0. The van der Waals surface area contributed by atoms with Crippen LogP contribution in [-0.2, 0) is 22.5 Å². The fourth-order valence-corrected chi connectivity index (χ4v) is 5.36. The summed E-state index contributed by atoms with van der Waals surface area (Å²) in [5.74, 6) is -3.76. The van der Waals surface area contributed by atoms with Gasteiger partial charge in [-0.15, -0.1) is 0 Å². The van der Waals surface area contributed by atoms with Gasteiger partial charge >= 0.3 is 5.97 Å². The summed E-state index contributed by atoms with van der Waals surface area (Å²) in [4.78, 5) is 46.0. The van der Waals surface area contributed by atoms with Gasteiger partial charge in [0.1, 0.15) is 5.82 Å². The fraction of sp³-hybridized carbons (Fsp3) is 0.556. The van der Waals surface area contributed by atoms with E-state index in [0.717, 1.165) is 37.8 Å². The van der Waals surface area contributed by atoms with Crippen molar-refractivity contribution >= 4 is 23.6 Å². The van der Waals surface area contributed by atoms with Crippen LogP contribution in [0.4, 0.5) is 14.6 Å². The minimum absolute atomic E-state index is 0.0604. The number of halogens is 2. The number of nitrogens with two attached hydrogens (primary N) is 1. The Morgan fingerprint density at radius 2 is 1.97 bits per heavy atom. The third-order valence-corrected chi connectivity index (χ3v) is 7.58. The van der Waals surface area contributed by atoms with Crippen LogP contribution in [0.25, 0.3) is 0 Å². The summed E-state index contributed by atoms with van der Waals surface area (Å²) in [7, 11) is 0. The van der Waals surface area contributed by atoms with Gasteiger partial charge in [-0.1, -0.05) is 26.7 Å². The van der Waals surface area contributed by atoms with Crippen LogP contribution >= 0.6 is 0 Å². The number of anilines is 1. The number of esters is 1. The van der Waals surface area contributed by atoms with E-state index in [9.17, 15) is 23.2 Å². The number of carbonyl (C=O) groups excluding carboxylic acids is 3. The normalized spacial score (nSPS) is 21.2. The van der Waals surface area contributed by atoms with Gasteiger partial charge in [0.15, 0.2) is 28.7 Å². The van der Waals surface area contributed by atoms with Crippen molar-refractivity contribution < 1.29 is 27.9 Å². The number of rotatable bonds is 8. The first kappa shape index (κ1) is 26.8. The summed E-state index contributed by atoms with van der Waals surface area (Å²) in [6.07, 6.45) is 6.28. The topological polar surface area (TPSA) is 108 Å². The molecule has 200 valence electrons. The number of aromatic nitrogens is 2. The van der Waals surface area contributed by atoms with Crippen molar-refractivity contribution in [1.82, 2.24) is 9.55 Å². The number of imidazole rings is 1. The third-order valence-electron chi connectivity index (χ3n) is 7.58. The zero-order valence-electron chi connectivity index (χ0n) is 21.4. The molecule has 0 bridgehead atoms. The molecule has 10 heteroatoms. The number of aryl methyl sites for hydroxylation is 1. The highest BCUT2D eigenvalue weighted by Gasteiger charge is 2.48. The van der Waals surface area contributed by atoms with Crippen molar-refractivity contribution in [2.24, 2.45) is 11.7 Å². The number of benzene rings is 1. The summed E-state index contributed by atoms with van der Waals surface area (Å²) in [6, 6.07) is 2.95. The average molecular weight is 517 g/mol. The molecule has 1 aliphatic heterocycles. The molecule has 2 amide bonds. The highest BCUT2D eigenvalue weighted by Crippen LogP contribution is 2.38. The van der Waals surface area contributed by atoms with Crippen molar-refractivity contribution in [3.63, 3.8) is 0 Å². The second-order valence-electron chi connectivity index (χ2n) is 10.0. The Morgan fingerprint density at radius 3 is 2.65 bits per heavy atom. The molecule has 4 rings (SSSR count). The molecule has 37 heavy (non-hydrogen) atoms. The van der Waals surface area contributed by atoms with Crippen molar-refractivity contribution in [2.75, 3.05) is 11.4 Å². The number of amides is 2. The number of hydrogen-bond donors (Lipinski definition) is 1. The molecule has 2 aliphatic rings. The van der Waals surface area contributed by atoms with Gasteiger partial charge in [-0.3, -0.25) is 14.5 Å². The summed E-state index contributed by atoms with van der Waals surface area (Å²) in [6.45, 7) is 4.52. The lowest BCUT2D eigenvalue weighted by Gasteiger charge is -2.39. The Hall–Kier alpha value is -3.30. The first-order valence-corrected chi connectivity index (χ1v) is 13.1. The van der Waals surface area contributed by atoms with Crippen LogP contribution in [0.15, 0.2) is 18.2 Å². The van der Waals surface area contributed by atoms with Crippen molar-refractivity contribution in [3.05, 3.63) is 46.9 Å². The standard InChI is InChI=1S/C27H34F2N4O4/c1-3-4-14-33(24(34)18-11-12-19(28)20(29)16-18)23-22(32-15-8-6-10-21(32)31-23)25(35)37-27(26(30)36)13-7-5-9-17(27)2/h11-12,16-17H,3-10,13-15H2,1-2H3,(H2,30,36). The van der Waals surface area contributed by atoms with Crippen LogP contribution in [-0.4, -0.2) is 39.5 Å². The Kier molecular flexibility index (Phi) is 7.94. The lowest BCUT2D eigenvalue weighted by Crippen LogP contribution is -2.54. The number of fused-ring (bicyclic) bond motifs is 1. The molecule has 1 saturated carbocycles. The van der Waals surface area contributed by atoms with Crippen LogP contribution in [0.3, 0.4) is 0 Å². The highest BCUT2D eigenvalue weighted by atomic mass is 19.2. The fourth-order valence-electron chi connectivity index (χ4n) is 5.36. The first-order valence-electron chi connectivity index (χ1n) is 13.1. The van der Waals surface area contributed by atoms with Gasteiger partial charge in [-0.2, -0.15) is 0 Å². The van der Waals surface area contributed by atoms with E-state index in [0.29, 0.717) is 44.5 Å². The summed E-state index contributed by atoms with van der Waals surface area (Å²) in [5, 5.41) is 0. The minimum Gasteiger partial charge on any atom is -0.444 e. The monoisotopic (exact) mass is 516 g/mol. The van der Waals surface area contributed by atoms with Gasteiger partial charge < -0.3 is 15.0 Å². The van der Waals surface area contributed by atoms with Crippen molar-refractivity contribution in [3.8, 4) is 0 Å². The molecular formula is C27H34F2N4O4. The molecule has 1 aromatic carbocycles. The van der Waals surface area contributed by atoms with Crippen molar-refractivity contribution in [2.45, 2.75) is 83.8 Å². The summed E-state index contributed by atoms with van der Waals surface area (Å²) >= 11 is 0. The van der Waals surface area contributed by atoms with E-state index in [2.05, 4.69) is 4.98 Å². The van der Waals surface area contributed by atoms with Gasteiger partial charge in [0.2, 0.25) is 0 Å². The third kappa shape index (κ3) is 5.10. The first-order chi connectivity index (χ1) is 17.7. The minimum atomic E-state index is -1.44. The molecule has 0 radical (unpaired) electrons. The SMILES string of the molecule is CCCCN(C(=O)c1ccc(F)c(F)c1)c1nc2n(c1C(=O)OC1(C(N)=O)CCCCC1C)CCCC2. The largest absolute Gasteiger partial charge is 0.444 e. The van der Waals surface area contributed by atoms with E-state index >= 15 is 0 Å². The lowest BCUT2D eigenvalue weighted by molar-refractivity contribution is -0.147. The Bertz CT molecular complexity index is 1200. The number of unbranched alkanes of at least 4 members (excludes halogenated alkanes) is 1. The molecule has 1 aromatic heterocycles. The van der Waals surface area contributed by atoms with Gasteiger partial charge in [-0.05, 0) is 56.7 Å². The summed E-state index contributed by atoms with van der Waals surface area (Å²) < 4.78 is 35.2. The lowest BCUT2D eigenvalue weighted by atomic mass is 9.75. The highest BCUT2D eigenvalue weighted by molar-refractivity contribution is 6.08. The van der Waals surface area contributed by atoms with Crippen LogP contribution in [0.5, 0.6) is 0 Å². The Labute approximate surface area is 215 Å². The molecule has 2 N–H and O–H groups in total. The molecular weight excluding hydrogens is 482 g/mol. The number of primary amides is 1. The molecule has 2 unspecified atom stereocenters. The quantitative estimate of drug-likeness (QED) is 0.519. The predicted octanol–water partition coefficient (Wildman–Crippen LogP) is 4.54. The Morgan fingerprint density at radius 1 is 1.19 bits per heavy atom. The average Bonchev–Trinajstić information content (AvgIpc) is 3.26.